The average Bonchev–Trinajstić information content (AvgIpc) is 2.63. The Bertz CT molecular complexity index is 680. The van der Waals surface area contributed by atoms with E-state index < -0.39 is 0 Å². The molecule has 2 unspecified atom stereocenters. The van der Waals surface area contributed by atoms with Crippen molar-refractivity contribution < 1.29 is 4.79 Å². The Balaban J connectivity index is 0.000000399. The molecule has 1 aliphatic heterocycles. The van der Waals surface area contributed by atoms with E-state index in [0.717, 1.165) is 36.3 Å². The third-order valence-electron chi connectivity index (χ3n) is 4.46. The van der Waals surface area contributed by atoms with E-state index in [9.17, 15) is 4.79 Å². The zero-order valence-electron chi connectivity index (χ0n) is 15.4. The van der Waals surface area contributed by atoms with Gasteiger partial charge >= 0.3 is 0 Å². The van der Waals surface area contributed by atoms with Crippen LogP contribution in [0.1, 0.15) is 55.8 Å². The molecule has 0 saturated heterocycles. The maximum absolute atomic E-state index is 12.3. The lowest BCUT2D eigenvalue weighted by Crippen LogP contribution is -2.38. The smallest absolute Gasteiger partial charge is 0.228 e. The summed E-state index contributed by atoms with van der Waals surface area (Å²) in [6, 6.07) is 15.8. The minimum Gasteiger partial charge on any atom is -0.399 e. The highest BCUT2D eigenvalue weighted by Crippen LogP contribution is 2.36. The second-order valence-electron chi connectivity index (χ2n) is 6.16. The zero-order valence-corrected chi connectivity index (χ0v) is 15.4. The van der Waals surface area contributed by atoms with Crippen molar-refractivity contribution in [2.45, 2.75) is 39.2 Å². The number of carbonyl (C=O) groups excluding carboxylic acids is 1. The lowest BCUT2D eigenvalue weighted by molar-refractivity contribution is -0.123. The van der Waals surface area contributed by atoms with Crippen molar-refractivity contribution >= 4 is 11.6 Å². The van der Waals surface area contributed by atoms with Crippen LogP contribution in [0.3, 0.4) is 0 Å². The summed E-state index contributed by atoms with van der Waals surface area (Å²) in [5.41, 5.74) is 9.85. The van der Waals surface area contributed by atoms with E-state index in [1.807, 2.05) is 43.3 Å². The van der Waals surface area contributed by atoms with Crippen molar-refractivity contribution in [1.29, 1.82) is 0 Å². The Morgan fingerprint density at radius 2 is 1.56 bits per heavy atom. The standard InChI is InChI=1S/C17H18N2O.C4H11N/c1-2-13-14-5-3-4-6-15(14)16(19-17(13)20)11-7-9-12(18)10-8-11;1-3-5-4-2/h3-10,13,16H,2,18H2,1H3,(H,19,20);5H,3-4H2,1-2H3. The molecule has 0 radical (unpaired) electrons. The van der Waals surface area contributed by atoms with Crippen LogP contribution >= 0.6 is 0 Å². The molecule has 134 valence electrons. The van der Waals surface area contributed by atoms with Crippen LogP contribution in [-0.4, -0.2) is 19.0 Å². The zero-order chi connectivity index (χ0) is 18.2. The number of amides is 1. The van der Waals surface area contributed by atoms with E-state index in [-0.39, 0.29) is 17.9 Å². The van der Waals surface area contributed by atoms with Gasteiger partial charge in [-0.2, -0.15) is 0 Å². The molecule has 4 nitrogen and oxygen atoms in total. The molecule has 2 aromatic carbocycles. The van der Waals surface area contributed by atoms with E-state index >= 15 is 0 Å². The normalized spacial score (nSPS) is 18.6. The number of nitrogens with one attached hydrogen (secondary N) is 2. The van der Waals surface area contributed by atoms with Gasteiger partial charge in [-0.3, -0.25) is 4.79 Å². The van der Waals surface area contributed by atoms with Crippen LogP contribution in [0.15, 0.2) is 48.5 Å². The number of hydrogen-bond acceptors (Lipinski definition) is 3. The van der Waals surface area contributed by atoms with Gasteiger partial charge in [0.25, 0.3) is 0 Å². The monoisotopic (exact) mass is 339 g/mol. The molecule has 4 N–H and O–H groups in total. The third-order valence-corrected chi connectivity index (χ3v) is 4.46. The first-order chi connectivity index (χ1) is 12.1. The second kappa shape index (κ2) is 9.23. The van der Waals surface area contributed by atoms with Gasteiger partial charge in [0.1, 0.15) is 0 Å². The summed E-state index contributed by atoms with van der Waals surface area (Å²) in [7, 11) is 0. The Labute approximate surface area is 150 Å². The maximum atomic E-state index is 12.3. The fraction of sp³-hybridized carbons (Fsp3) is 0.381. The fourth-order valence-electron chi connectivity index (χ4n) is 3.16. The van der Waals surface area contributed by atoms with Crippen LogP contribution < -0.4 is 16.4 Å². The lowest BCUT2D eigenvalue weighted by Gasteiger charge is -2.32. The SMILES string of the molecule is CCC1C(=O)NC(c2ccc(N)cc2)c2ccccc21.CCNCC. The molecule has 1 heterocycles. The first-order valence-electron chi connectivity index (χ1n) is 9.07. The van der Waals surface area contributed by atoms with Gasteiger partial charge in [-0.15, -0.1) is 0 Å². The molecular formula is C21H29N3O. The predicted molar refractivity (Wildman–Crippen MR) is 105 cm³/mol. The first kappa shape index (κ1) is 19.0. The predicted octanol–water partition coefficient (Wildman–Crippen LogP) is 3.60. The molecule has 0 aromatic heterocycles. The van der Waals surface area contributed by atoms with E-state index in [2.05, 4.69) is 36.6 Å². The molecule has 0 bridgehead atoms. The highest BCUT2D eigenvalue weighted by molar-refractivity contribution is 5.87. The molecule has 4 heteroatoms. The molecule has 2 aromatic rings. The van der Waals surface area contributed by atoms with Gasteiger partial charge in [0.15, 0.2) is 0 Å². The van der Waals surface area contributed by atoms with Crippen LogP contribution in [0.5, 0.6) is 0 Å². The van der Waals surface area contributed by atoms with Crippen molar-refractivity contribution in [2.24, 2.45) is 0 Å². The highest BCUT2D eigenvalue weighted by Gasteiger charge is 2.32. The van der Waals surface area contributed by atoms with Crippen LogP contribution in [0.2, 0.25) is 0 Å². The Morgan fingerprint density at radius 3 is 2.08 bits per heavy atom. The minimum absolute atomic E-state index is 0.0452. The first-order valence-corrected chi connectivity index (χ1v) is 9.07. The quantitative estimate of drug-likeness (QED) is 0.746. The number of rotatable bonds is 4. The van der Waals surface area contributed by atoms with E-state index in [1.165, 1.54) is 5.56 Å². The van der Waals surface area contributed by atoms with Gasteiger partial charge < -0.3 is 16.4 Å². The van der Waals surface area contributed by atoms with Crippen LogP contribution in [0, 0.1) is 0 Å². The summed E-state index contributed by atoms with van der Waals surface area (Å²) in [6.45, 7) is 8.44. The van der Waals surface area contributed by atoms with E-state index in [0.29, 0.717) is 0 Å². The number of nitrogen functional groups attached to an aromatic ring is 1. The van der Waals surface area contributed by atoms with E-state index in [1.54, 1.807) is 0 Å². The Kier molecular flexibility index (Phi) is 7.02. The van der Waals surface area contributed by atoms with Crippen molar-refractivity contribution in [1.82, 2.24) is 10.6 Å². The van der Waals surface area contributed by atoms with Crippen molar-refractivity contribution in [3.05, 3.63) is 65.2 Å². The van der Waals surface area contributed by atoms with E-state index in [4.69, 9.17) is 5.73 Å². The Hall–Kier alpha value is -2.33. The molecule has 0 aliphatic carbocycles. The van der Waals surface area contributed by atoms with Crippen LogP contribution in [0.4, 0.5) is 5.69 Å². The molecule has 0 fully saturated rings. The molecule has 0 saturated carbocycles. The molecule has 0 spiro atoms. The largest absolute Gasteiger partial charge is 0.399 e. The fourth-order valence-corrected chi connectivity index (χ4v) is 3.16. The summed E-state index contributed by atoms with van der Waals surface area (Å²) < 4.78 is 0. The highest BCUT2D eigenvalue weighted by atomic mass is 16.2. The molecule has 3 rings (SSSR count). The second-order valence-corrected chi connectivity index (χ2v) is 6.16. The average molecular weight is 339 g/mol. The van der Waals surface area contributed by atoms with Crippen molar-refractivity contribution in [2.75, 3.05) is 18.8 Å². The number of nitrogens with two attached hydrogens (primary N) is 1. The topological polar surface area (TPSA) is 67.2 Å². The van der Waals surface area contributed by atoms with Gasteiger partial charge in [0.2, 0.25) is 5.91 Å². The van der Waals surface area contributed by atoms with Gasteiger partial charge in [-0.1, -0.05) is 57.2 Å². The number of benzene rings is 2. The van der Waals surface area contributed by atoms with Crippen LogP contribution in [0.25, 0.3) is 0 Å². The van der Waals surface area contributed by atoms with Gasteiger partial charge in [-0.05, 0) is 48.3 Å². The number of anilines is 1. The molecule has 25 heavy (non-hydrogen) atoms. The molecule has 1 aliphatic rings. The number of carbonyl (C=O) groups is 1. The van der Waals surface area contributed by atoms with Crippen molar-refractivity contribution in [3.8, 4) is 0 Å². The van der Waals surface area contributed by atoms with Crippen LogP contribution in [-0.2, 0) is 4.79 Å². The number of hydrogen-bond donors (Lipinski definition) is 3. The maximum Gasteiger partial charge on any atom is 0.228 e. The van der Waals surface area contributed by atoms with Gasteiger partial charge in [-0.25, -0.2) is 0 Å². The van der Waals surface area contributed by atoms with Gasteiger partial charge in [0, 0.05) is 5.69 Å². The summed E-state index contributed by atoms with van der Waals surface area (Å²) in [5, 5.41) is 6.24. The molecule has 2 atom stereocenters. The third kappa shape index (κ3) is 4.60. The Morgan fingerprint density at radius 1 is 0.960 bits per heavy atom. The summed E-state index contributed by atoms with van der Waals surface area (Å²) >= 11 is 0. The lowest BCUT2D eigenvalue weighted by atomic mass is 9.82. The summed E-state index contributed by atoms with van der Waals surface area (Å²) in [5.74, 6) is 0.0595. The van der Waals surface area contributed by atoms with Crippen molar-refractivity contribution in [3.63, 3.8) is 0 Å². The summed E-state index contributed by atoms with van der Waals surface area (Å²) in [6.07, 6.45) is 0.817. The molecule has 1 amide bonds. The minimum atomic E-state index is -0.0814. The summed E-state index contributed by atoms with van der Waals surface area (Å²) in [4.78, 5) is 12.3. The molecular weight excluding hydrogens is 310 g/mol. The van der Waals surface area contributed by atoms with Gasteiger partial charge in [0.05, 0.1) is 12.0 Å². The number of fused-ring (bicyclic) bond motifs is 1.